The summed E-state index contributed by atoms with van der Waals surface area (Å²) in [6.45, 7) is 6.90. The van der Waals surface area contributed by atoms with Crippen LogP contribution >= 0.6 is 0 Å². The molecule has 0 aromatic heterocycles. The van der Waals surface area contributed by atoms with E-state index >= 15 is 0 Å². The van der Waals surface area contributed by atoms with Crippen LogP contribution in [-0.2, 0) is 4.74 Å². The van der Waals surface area contributed by atoms with Crippen LogP contribution in [0.25, 0.3) is 0 Å². The van der Waals surface area contributed by atoms with Crippen molar-refractivity contribution in [1.29, 1.82) is 0 Å². The molecular weight excluding hydrogens is 340 g/mol. The smallest absolute Gasteiger partial charge is 0.191 e. The topological polar surface area (TPSA) is 58.1 Å². The molecule has 2 fully saturated rings. The average molecular weight is 375 g/mol. The second kappa shape index (κ2) is 9.42. The number of guanidine groups is 1. The lowest BCUT2D eigenvalue weighted by Crippen LogP contribution is -2.47. The van der Waals surface area contributed by atoms with Crippen LogP contribution < -0.4 is 15.4 Å². The zero-order valence-corrected chi connectivity index (χ0v) is 17.0. The van der Waals surface area contributed by atoms with Gasteiger partial charge in [-0.2, -0.15) is 0 Å². The SMILES string of the molecule is CN=C(NCC(c1cccc(OC)c1)N1CCCC1)NCC1(C)CCCO1. The molecule has 2 aliphatic heterocycles. The van der Waals surface area contributed by atoms with E-state index in [1.807, 2.05) is 13.1 Å². The van der Waals surface area contributed by atoms with Crippen molar-refractivity contribution >= 4 is 5.96 Å². The van der Waals surface area contributed by atoms with Crippen LogP contribution in [0.5, 0.6) is 5.75 Å². The summed E-state index contributed by atoms with van der Waals surface area (Å²) in [6.07, 6.45) is 4.76. The summed E-state index contributed by atoms with van der Waals surface area (Å²) in [4.78, 5) is 6.95. The first-order chi connectivity index (χ1) is 13.1. The zero-order chi connectivity index (χ0) is 19.1. The van der Waals surface area contributed by atoms with Crippen LogP contribution in [0.3, 0.4) is 0 Å². The third kappa shape index (κ3) is 5.36. The number of nitrogens with one attached hydrogen (secondary N) is 2. The van der Waals surface area contributed by atoms with Gasteiger partial charge in [-0.3, -0.25) is 9.89 Å². The van der Waals surface area contributed by atoms with Crippen LogP contribution in [0.1, 0.15) is 44.2 Å². The molecule has 6 nitrogen and oxygen atoms in total. The molecule has 2 N–H and O–H groups in total. The molecule has 2 heterocycles. The molecule has 0 amide bonds. The standard InChI is InChI=1S/C21H34N4O2/c1-21(10-7-13-27-21)16-24-20(22-2)23-15-19(25-11-4-5-12-25)17-8-6-9-18(14-17)26-3/h6,8-9,14,19H,4-5,7,10-13,15-16H2,1-3H3,(H2,22,23,24). The Labute approximate surface area is 163 Å². The first-order valence-corrected chi connectivity index (χ1v) is 10.1. The van der Waals surface area contributed by atoms with E-state index < -0.39 is 0 Å². The van der Waals surface area contributed by atoms with Gasteiger partial charge in [0.1, 0.15) is 5.75 Å². The van der Waals surface area contributed by atoms with Gasteiger partial charge in [0.05, 0.1) is 18.8 Å². The summed E-state index contributed by atoms with van der Waals surface area (Å²) in [7, 11) is 3.54. The second-order valence-electron chi connectivity index (χ2n) is 7.74. The Morgan fingerprint density at radius 3 is 2.78 bits per heavy atom. The van der Waals surface area contributed by atoms with Crippen molar-refractivity contribution < 1.29 is 9.47 Å². The number of nitrogens with zero attached hydrogens (tertiary/aromatic N) is 2. The molecule has 0 bridgehead atoms. The Balaban J connectivity index is 1.62. The van der Waals surface area contributed by atoms with E-state index in [0.29, 0.717) is 6.04 Å². The number of rotatable bonds is 7. The van der Waals surface area contributed by atoms with Gasteiger partial charge >= 0.3 is 0 Å². The fourth-order valence-electron chi connectivity index (χ4n) is 4.02. The Bertz CT molecular complexity index is 622. The maximum Gasteiger partial charge on any atom is 0.191 e. The number of benzene rings is 1. The predicted octanol–water partition coefficient (Wildman–Crippen LogP) is 2.57. The summed E-state index contributed by atoms with van der Waals surface area (Å²) in [5.74, 6) is 1.74. The van der Waals surface area contributed by atoms with E-state index in [4.69, 9.17) is 9.47 Å². The summed E-state index contributed by atoms with van der Waals surface area (Å²) in [5.41, 5.74) is 1.20. The third-order valence-corrected chi connectivity index (χ3v) is 5.68. The van der Waals surface area contributed by atoms with Crippen LogP contribution in [0, 0.1) is 0 Å². The minimum absolute atomic E-state index is 0.0846. The predicted molar refractivity (Wildman–Crippen MR) is 109 cm³/mol. The van der Waals surface area contributed by atoms with Gasteiger partial charge < -0.3 is 20.1 Å². The molecule has 1 aromatic carbocycles. The Morgan fingerprint density at radius 2 is 2.11 bits per heavy atom. The molecule has 0 saturated carbocycles. The summed E-state index contributed by atoms with van der Waals surface area (Å²) < 4.78 is 11.3. The Kier molecular flexibility index (Phi) is 6.96. The van der Waals surface area contributed by atoms with Crippen LogP contribution in [0.15, 0.2) is 29.3 Å². The van der Waals surface area contributed by atoms with Gasteiger partial charge in [0.15, 0.2) is 5.96 Å². The van der Waals surface area contributed by atoms with Gasteiger partial charge in [0.2, 0.25) is 0 Å². The number of likely N-dealkylation sites (tertiary alicyclic amines) is 1. The highest BCUT2D eigenvalue weighted by molar-refractivity contribution is 5.79. The van der Waals surface area contributed by atoms with Crippen molar-refractivity contribution in [3.63, 3.8) is 0 Å². The van der Waals surface area contributed by atoms with Crippen molar-refractivity contribution in [2.24, 2.45) is 4.99 Å². The number of ether oxygens (including phenoxy) is 2. The lowest BCUT2D eigenvalue weighted by Gasteiger charge is -2.30. The van der Waals surface area contributed by atoms with Crippen molar-refractivity contribution in [3.8, 4) is 5.75 Å². The molecule has 3 rings (SSSR count). The van der Waals surface area contributed by atoms with Gasteiger partial charge in [0, 0.05) is 26.7 Å². The van der Waals surface area contributed by atoms with Gasteiger partial charge in [0.25, 0.3) is 0 Å². The lowest BCUT2D eigenvalue weighted by molar-refractivity contribution is 0.0242. The fraction of sp³-hybridized carbons (Fsp3) is 0.667. The number of hydrogen-bond donors (Lipinski definition) is 2. The lowest BCUT2D eigenvalue weighted by atomic mass is 10.0. The highest BCUT2D eigenvalue weighted by atomic mass is 16.5. The highest BCUT2D eigenvalue weighted by Crippen LogP contribution is 2.27. The highest BCUT2D eigenvalue weighted by Gasteiger charge is 2.30. The van der Waals surface area contributed by atoms with Gasteiger partial charge in [-0.1, -0.05) is 12.1 Å². The largest absolute Gasteiger partial charge is 0.497 e. The van der Waals surface area contributed by atoms with E-state index in [-0.39, 0.29) is 5.60 Å². The van der Waals surface area contributed by atoms with Crippen molar-refractivity contribution in [2.75, 3.05) is 46.9 Å². The summed E-state index contributed by atoms with van der Waals surface area (Å²) in [5, 5.41) is 6.97. The van der Waals surface area contributed by atoms with Gasteiger partial charge in [-0.25, -0.2) is 0 Å². The molecule has 2 aliphatic rings. The molecule has 27 heavy (non-hydrogen) atoms. The minimum atomic E-state index is -0.0846. The Hall–Kier alpha value is -1.79. The van der Waals surface area contributed by atoms with E-state index in [1.54, 1.807) is 7.11 Å². The fourth-order valence-corrected chi connectivity index (χ4v) is 4.02. The normalized spacial score (nSPS) is 24.8. The maximum absolute atomic E-state index is 5.87. The maximum atomic E-state index is 5.87. The number of methoxy groups -OCH3 is 1. The van der Waals surface area contributed by atoms with E-state index in [1.165, 1.54) is 18.4 Å². The second-order valence-corrected chi connectivity index (χ2v) is 7.74. The molecule has 1 aromatic rings. The molecule has 150 valence electrons. The molecule has 2 saturated heterocycles. The molecule has 0 spiro atoms. The van der Waals surface area contributed by atoms with Crippen LogP contribution in [0.2, 0.25) is 0 Å². The summed E-state index contributed by atoms with van der Waals surface area (Å²) >= 11 is 0. The minimum Gasteiger partial charge on any atom is -0.497 e. The quantitative estimate of drug-likeness (QED) is 0.567. The molecule has 0 radical (unpaired) electrons. The number of hydrogen-bond acceptors (Lipinski definition) is 4. The monoisotopic (exact) mass is 374 g/mol. The van der Waals surface area contributed by atoms with E-state index in [0.717, 1.165) is 57.3 Å². The van der Waals surface area contributed by atoms with Gasteiger partial charge in [-0.15, -0.1) is 0 Å². The van der Waals surface area contributed by atoms with Crippen molar-refractivity contribution in [2.45, 2.75) is 44.2 Å². The Morgan fingerprint density at radius 1 is 1.30 bits per heavy atom. The molecule has 0 aliphatic carbocycles. The van der Waals surface area contributed by atoms with E-state index in [2.05, 4.69) is 45.6 Å². The molecule has 2 unspecified atom stereocenters. The van der Waals surface area contributed by atoms with Crippen molar-refractivity contribution in [1.82, 2.24) is 15.5 Å². The first kappa shape index (κ1) is 20.0. The number of aliphatic imine (C=N–C) groups is 1. The van der Waals surface area contributed by atoms with Crippen molar-refractivity contribution in [3.05, 3.63) is 29.8 Å². The van der Waals surface area contributed by atoms with Crippen LogP contribution in [-0.4, -0.2) is 63.4 Å². The zero-order valence-electron chi connectivity index (χ0n) is 17.0. The molecule has 6 heteroatoms. The van der Waals surface area contributed by atoms with Crippen LogP contribution in [0.4, 0.5) is 0 Å². The summed E-state index contributed by atoms with van der Waals surface area (Å²) in [6, 6.07) is 8.72. The molecular formula is C21H34N4O2. The third-order valence-electron chi connectivity index (χ3n) is 5.68. The van der Waals surface area contributed by atoms with E-state index in [9.17, 15) is 0 Å². The average Bonchev–Trinajstić information content (AvgIpc) is 3.37. The first-order valence-electron chi connectivity index (χ1n) is 10.1. The van der Waals surface area contributed by atoms with Gasteiger partial charge in [-0.05, 0) is 63.4 Å². The molecule has 2 atom stereocenters.